The highest BCUT2D eigenvalue weighted by atomic mass is 32.2. The Balaban J connectivity index is 1.32. The monoisotopic (exact) mass is 443 g/mol. The lowest BCUT2D eigenvalue weighted by Gasteiger charge is -2.31. The number of sulfonamides is 1. The minimum atomic E-state index is -3.57. The van der Waals surface area contributed by atoms with Crippen molar-refractivity contribution in [1.29, 1.82) is 0 Å². The average molecular weight is 444 g/mol. The van der Waals surface area contributed by atoms with E-state index in [1.165, 1.54) is 4.31 Å². The van der Waals surface area contributed by atoms with Crippen LogP contribution in [0.25, 0.3) is 0 Å². The summed E-state index contributed by atoms with van der Waals surface area (Å²) in [6, 6.07) is 16.6. The first-order valence-electron chi connectivity index (χ1n) is 10.8. The molecule has 0 saturated carbocycles. The highest BCUT2D eigenvalue weighted by Gasteiger charge is 2.33. The molecule has 0 aromatic heterocycles. The summed E-state index contributed by atoms with van der Waals surface area (Å²) in [6.07, 6.45) is 1.38. The third-order valence-electron chi connectivity index (χ3n) is 5.92. The smallest absolute Gasteiger partial charge is 0.243 e. The molecule has 31 heavy (non-hydrogen) atoms. The third kappa shape index (κ3) is 5.26. The van der Waals surface area contributed by atoms with E-state index in [4.69, 9.17) is 4.74 Å². The number of carbonyl (C=O) groups is 1. The van der Waals surface area contributed by atoms with E-state index in [0.29, 0.717) is 25.9 Å². The Hall–Kier alpha value is -2.42. The number of morpholine rings is 1. The first kappa shape index (κ1) is 21.8. The number of hydrogen-bond acceptors (Lipinski definition) is 5. The van der Waals surface area contributed by atoms with Crippen molar-refractivity contribution in [3.05, 3.63) is 60.2 Å². The summed E-state index contributed by atoms with van der Waals surface area (Å²) in [7, 11) is -3.57. The van der Waals surface area contributed by atoms with Gasteiger partial charge in [-0.2, -0.15) is 4.31 Å². The summed E-state index contributed by atoms with van der Waals surface area (Å²) in [6.45, 7) is 4.37. The molecule has 1 atom stereocenters. The third-order valence-corrected chi connectivity index (χ3v) is 7.79. The van der Waals surface area contributed by atoms with Crippen LogP contribution in [0.1, 0.15) is 18.4 Å². The quantitative estimate of drug-likeness (QED) is 0.741. The maximum Gasteiger partial charge on any atom is 0.243 e. The number of amides is 1. The van der Waals surface area contributed by atoms with Crippen molar-refractivity contribution in [2.45, 2.75) is 24.3 Å². The molecule has 2 aliphatic heterocycles. The molecule has 8 heteroatoms. The number of hydrogen-bond donors (Lipinski definition) is 1. The molecule has 2 fully saturated rings. The van der Waals surface area contributed by atoms with E-state index in [-0.39, 0.29) is 23.3 Å². The van der Waals surface area contributed by atoms with Crippen molar-refractivity contribution in [3.63, 3.8) is 0 Å². The van der Waals surface area contributed by atoms with Crippen LogP contribution in [0.4, 0.5) is 5.69 Å². The molecule has 0 spiro atoms. The van der Waals surface area contributed by atoms with Crippen molar-refractivity contribution in [1.82, 2.24) is 9.62 Å². The SMILES string of the molecule is O=C(NCc1ccc(N2CCOCC2)cc1)[C@H]1CCCN(S(=O)(=O)c2ccccc2)C1. The van der Waals surface area contributed by atoms with Gasteiger partial charge in [0.2, 0.25) is 15.9 Å². The van der Waals surface area contributed by atoms with Crippen molar-refractivity contribution in [2.75, 3.05) is 44.3 Å². The fourth-order valence-corrected chi connectivity index (χ4v) is 5.64. The molecule has 1 amide bonds. The Morgan fingerprint density at radius 1 is 1.00 bits per heavy atom. The zero-order valence-electron chi connectivity index (χ0n) is 17.6. The topological polar surface area (TPSA) is 79.0 Å². The van der Waals surface area contributed by atoms with E-state index < -0.39 is 10.0 Å². The first-order valence-corrected chi connectivity index (χ1v) is 12.2. The van der Waals surface area contributed by atoms with Crippen LogP contribution in [0.2, 0.25) is 0 Å². The largest absolute Gasteiger partial charge is 0.378 e. The lowest BCUT2D eigenvalue weighted by Crippen LogP contribution is -2.45. The van der Waals surface area contributed by atoms with Crippen molar-refractivity contribution < 1.29 is 17.9 Å². The van der Waals surface area contributed by atoms with Gasteiger partial charge in [0.15, 0.2) is 0 Å². The van der Waals surface area contributed by atoms with Crippen LogP contribution >= 0.6 is 0 Å². The van der Waals surface area contributed by atoms with E-state index in [0.717, 1.165) is 37.6 Å². The number of benzene rings is 2. The number of nitrogens with one attached hydrogen (secondary N) is 1. The summed E-state index contributed by atoms with van der Waals surface area (Å²) < 4.78 is 32.6. The molecule has 2 aromatic rings. The summed E-state index contributed by atoms with van der Waals surface area (Å²) in [4.78, 5) is 15.3. The van der Waals surface area contributed by atoms with E-state index in [1.807, 2.05) is 12.1 Å². The van der Waals surface area contributed by atoms with Crippen LogP contribution in [0, 0.1) is 5.92 Å². The van der Waals surface area contributed by atoms with Gasteiger partial charge >= 0.3 is 0 Å². The molecule has 0 radical (unpaired) electrons. The van der Waals surface area contributed by atoms with Crippen LogP contribution < -0.4 is 10.2 Å². The Labute approximate surface area is 184 Å². The second-order valence-electron chi connectivity index (χ2n) is 8.00. The van der Waals surface area contributed by atoms with Gasteiger partial charge in [-0.25, -0.2) is 8.42 Å². The van der Waals surface area contributed by atoms with Crippen molar-refractivity contribution in [3.8, 4) is 0 Å². The van der Waals surface area contributed by atoms with Gasteiger partial charge in [0.25, 0.3) is 0 Å². The van der Waals surface area contributed by atoms with E-state index in [9.17, 15) is 13.2 Å². The Morgan fingerprint density at radius 2 is 1.71 bits per heavy atom. The number of nitrogens with zero attached hydrogens (tertiary/aromatic N) is 2. The number of anilines is 1. The van der Waals surface area contributed by atoms with Crippen LogP contribution in [0.5, 0.6) is 0 Å². The van der Waals surface area contributed by atoms with Gasteiger partial charge in [-0.1, -0.05) is 30.3 Å². The minimum Gasteiger partial charge on any atom is -0.378 e. The molecular formula is C23H29N3O4S. The summed E-state index contributed by atoms with van der Waals surface area (Å²) >= 11 is 0. The number of piperidine rings is 1. The van der Waals surface area contributed by atoms with Gasteiger partial charge in [-0.15, -0.1) is 0 Å². The highest BCUT2D eigenvalue weighted by molar-refractivity contribution is 7.89. The normalized spacial score (nSPS) is 20.4. The van der Waals surface area contributed by atoms with Gasteiger partial charge in [0, 0.05) is 38.4 Å². The van der Waals surface area contributed by atoms with Crippen molar-refractivity contribution in [2.24, 2.45) is 5.92 Å². The molecule has 1 N–H and O–H groups in total. The standard InChI is InChI=1S/C23H29N3O4S/c27-23(24-17-19-8-10-21(11-9-19)25-13-15-30-16-14-25)20-5-4-12-26(18-20)31(28,29)22-6-2-1-3-7-22/h1-3,6-11,20H,4-5,12-18H2,(H,24,27)/t20-/m0/s1. The predicted molar refractivity (Wildman–Crippen MR) is 119 cm³/mol. The van der Waals surface area contributed by atoms with Crippen molar-refractivity contribution >= 4 is 21.6 Å². The number of ether oxygens (including phenoxy) is 1. The van der Waals surface area contributed by atoms with Gasteiger partial charge < -0.3 is 15.0 Å². The molecule has 0 unspecified atom stereocenters. The van der Waals surface area contributed by atoms with Gasteiger partial charge in [-0.05, 0) is 42.7 Å². The lowest BCUT2D eigenvalue weighted by molar-refractivity contribution is -0.126. The molecule has 2 aliphatic rings. The molecule has 2 aromatic carbocycles. The Kier molecular flexibility index (Phi) is 6.89. The summed E-state index contributed by atoms with van der Waals surface area (Å²) in [5.41, 5.74) is 2.18. The van der Waals surface area contributed by atoms with Gasteiger partial charge in [0.1, 0.15) is 0 Å². The fourth-order valence-electron chi connectivity index (χ4n) is 4.10. The predicted octanol–water partition coefficient (Wildman–Crippen LogP) is 2.24. The molecule has 4 rings (SSSR count). The van der Waals surface area contributed by atoms with Gasteiger partial charge in [-0.3, -0.25) is 4.79 Å². The molecular weight excluding hydrogens is 414 g/mol. The Morgan fingerprint density at radius 3 is 2.42 bits per heavy atom. The zero-order chi connectivity index (χ0) is 21.7. The molecule has 2 saturated heterocycles. The maximum absolute atomic E-state index is 12.9. The van der Waals surface area contributed by atoms with E-state index >= 15 is 0 Å². The van der Waals surface area contributed by atoms with Crippen LogP contribution in [-0.4, -0.2) is 58.0 Å². The molecule has 2 heterocycles. The zero-order valence-corrected chi connectivity index (χ0v) is 18.4. The van der Waals surface area contributed by atoms with Crippen LogP contribution in [0.3, 0.4) is 0 Å². The summed E-state index contributed by atoms with van der Waals surface area (Å²) in [5.74, 6) is -0.426. The van der Waals surface area contributed by atoms with E-state index in [1.54, 1.807) is 30.3 Å². The second-order valence-corrected chi connectivity index (χ2v) is 9.94. The first-order chi connectivity index (χ1) is 15.0. The van der Waals surface area contributed by atoms with E-state index in [2.05, 4.69) is 22.3 Å². The highest BCUT2D eigenvalue weighted by Crippen LogP contribution is 2.24. The summed E-state index contributed by atoms with van der Waals surface area (Å²) in [5, 5.41) is 2.99. The van der Waals surface area contributed by atoms with Gasteiger partial charge in [0.05, 0.1) is 24.0 Å². The molecule has 166 valence electrons. The number of rotatable bonds is 6. The molecule has 0 bridgehead atoms. The fraction of sp³-hybridized carbons (Fsp3) is 0.435. The number of carbonyl (C=O) groups excluding carboxylic acids is 1. The Bertz CT molecular complexity index is 974. The van der Waals surface area contributed by atoms with Crippen LogP contribution in [-0.2, 0) is 26.1 Å². The maximum atomic E-state index is 12.9. The average Bonchev–Trinajstić information content (AvgIpc) is 2.84. The second kappa shape index (κ2) is 9.80. The van der Waals surface area contributed by atoms with Crippen LogP contribution in [0.15, 0.2) is 59.5 Å². The minimum absolute atomic E-state index is 0.0924. The lowest BCUT2D eigenvalue weighted by atomic mass is 9.98. The molecule has 0 aliphatic carbocycles. The molecule has 7 nitrogen and oxygen atoms in total.